The van der Waals surface area contributed by atoms with Crippen molar-refractivity contribution >= 4 is 43.9 Å². The summed E-state index contributed by atoms with van der Waals surface area (Å²) < 4.78 is 12.4. The van der Waals surface area contributed by atoms with Crippen LogP contribution < -0.4 is 0 Å². The van der Waals surface area contributed by atoms with Crippen molar-refractivity contribution in [1.82, 2.24) is 19.9 Å². The first-order chi connectivity index (χ1) is 28.1. The third kappa shape index (κ3) is 5.83. The van der Waals surface area contributed by atoms with Gasteiger partial charge in [-0.25, -0.2) is 15.0 Å². The summed E-state index contributed by atoms with van der Waals surface area (Å²) in [5, 5.41) is 4.31. The Morgan fingerprint density at radius 3 is 1.51 bits per heavy atom. The SMILES string of the molecule is Cc1ccccc1-c1nc(-c2cccc(-c3cccnc3)c2)nc(-c2cc(-c3ccc4oc5ccccc5c4c3)cc(-c3ccc4oc5ccccc5c4c3)c2)n1. The van der Waals surface area contributed by atoms with Crippen LogP contribution in [-0.2, 0) is 0 Å². The zero-order valence-corrected chi connectivity index (χ0v) is 30.8. The highest BCUT2D eigenvalue weighted by atomic mass is 16.3. The molecule has 4 heterocycles. The molecule has 0 aliphatic rings. The summed E-state index contributed by atoms with van der Waals surface area (Å²) in [6.07, 6.45) is 3.66. The topological polar surface area (TPSA) is 77.8 Å². The van der Waals surface area contributed by atoms with E-state index in [0.29, 0.717) is 17.5 Å². The van der Waals surface area contributed by atoms with Gasteiger partial charge in [-0.2, -0.15) is 0 Å². The molecule has 0 aliphatic heterocycles. The Bertz CT molecular complexity index is 3190. The quantitative estimate of drug-likeness (QED) is 0.169. The highest BCUT2D eigenvalue weighted by molar-refractivity contribution is 6.07. The molecule has 0 atom stereocenters. The van der Waals surface area contributed by atoms with E-state index in [2.05, 4.69) is 127 Å². The molecule has 0 fully saturated rings. The largest absolute Gasteiger partial charge is 0.456 e. The molecular formula is C51H32N4O2. The molecule has 57 heavy (non-hydrogen) atoms. The monoisotopic (exact) mass is 732 g/mol. The van der Waals surface area contributed by atoms with Crippen LogP contribution in [0.3, 0.4) is 0 Å². The molecule has 268 valence electrons. The van der Waals surface area contributed by atoms with Gasteiger partial charge in [0.05, 0.1) is 0 Å². The van der Waals surface area contributed by atoms with E-state index in [4.69, 9.17) is 23.8 Å². The molecule has 0 saturated carbocycles. The fourth-order valence-corrected chi connectivity index (χ4v) is 7.85. The smallest absolute Gasteiger partial charge is 0.164 e. The Balaban J connectivity index is 1.14. The maximum atomic E-state index is 6.22. The second-order valence-corrected chi connectivity index (χ2v) is 14.4. The van der Waals surface area contributed by atoms with Crippen LogP contribution in [0.4, 0.5) is 0 Å². The van der Waals surface area contributed by atoms with Crippen LogP contribution in [0, 0.1) is 6.92 Å². The van der Waals surface area contributed by atoms with Crippen molar-refractivity contribution in [2.75, 3.05) is 0 Å². The lowest BCUT2D eigenvalue weighted by atomic mass is 9.94. The van der Waals surface area contributed by atoms with Crippen LogP contribution in [-0.4, -0.2) is 19.9 Å². The summed E-state index contributed by atoms with van der Waals surface area (Å²) >= 11 is 0. The van der Waals surface area contributed by atoms with E-state index in [1.807, 2.05) is 54.7 Å². The predicted octanol–water partition coefficient (Wildman–Crippen LogP) is 13.4. The van der Waals surface area contributed by atoms with E-state index in [0.717, 1.165) is 99.5 Å². The first-order valence-electron chi connectivity index (χ1n) is 18.9. The van der Waals surface area contributed by atoms with Crippen LogP contribution in [0.15, 0.2) is 185 Å². The van der Waals surface area contributed by atoms with Crippen LogP contribution in [0.25, 0.3) is 111 Å². The van der Waals surface area contributed by atoms with E-state index in [-0.39, 0.29) is 0 Å². The molecule has 0 aliphatic carbocycles. The summed E-state index contributed by atoms with van der Waals surface area (Å²) in [5.74, 6) is 1.79. The van der Waals surface area contributed by atoms with E-state index in [1.54, 1.807) is 6.20 Å². The van der Waals surface area contributed by atoms with Gasteiger partial charge in [0, 0.05) is 56.2 Å². The van der Waals surface area contributed by atoms with E-state index in [9.17, 15) is 0 Å². The van der Waals surface area contributed by atoms with Gasteiger partial charge in [-0.1, -0.05) is 97.1 Å². The van der Waals surface area contributed by atoms with Crippen molar-refractivity contribution in [3.05, 3.63) is 182 Å². The molecule has 7 aromatic carbocycles. The number of nitrogens with zero attached hydrogens (tertiary/aromatic N) is 4. The molecule has 0 radical (unpaired) electrons. The van der Waals surface area contributed by atoms with E-state index < -0.39 is 0 Å². The van der Waals surface area contributed by atoms with Crippen LogP contribution in [0.1, 0.15) is 5.56 Å². The minimum absolute atomic E-state index is 0.581. The fraction of sp³-hybridized carbons (Fsp3) is 0.0196. The molecule has 11 aromatic rings. The highest BCUT2D eigenvalue weighted by Crippen LogP contribution is 2.39. The van der Waals surface area contributed by atoms with Crippen molar-refractivity contribution in [2.45, 2.75) is 6.92 Å². The van der Waals surface area contributed by atoms with Crippen molar-refractivity contribution in [3.8, 4) is 67.5 Å². The zero-order chi connectivity index (χ0) is 37.9. The molecule has 0 unspecified atom stereocenters. The minimum atomic E-state index is 0.581. The zero-order valence-electron chi connectivity index (χ0n) is 30.8. The highest BCUT2D eigenvalue weighted by Gasteiger charge is 2.18. The Morgan fingerprint density at radius 1 is 0.351 bits per heavy atom. The van der Waals surface area contributed by atoms with E-state index >= 15 is 0 Å². The Kier molecular flexibility index (Phi) is 7.60. The summed E-state index contributed by atoms with van der Waals surface area (Å²) in [6.45, 7) is 2.09. The number of para-hydroxylation sites is 2. The summed E-state index contributed by atoms with van der Waals surface area (Å²) in [7, 11) is 0. The molecule has 0 N–H and O–H groups in total. The molecule has 0 amide bonds. The van der Waals surface area contributed by atoms with Gasteiger partial charge < -0.3 is 8.83 Å². The normalized spacial score (nSPS) is 11.6. The van der Waals surface area contributed by atoms with Crippen molar-refractivity contribution in [3.63, 3.8) is 0 Å². The van der Waals surface area contributed by atoms with E-state index in [1.165, 1.54) is 0 Å². The number of benzene rings is 7. The van der Waals surface area contributed by atoms with Crippen LogP contribution in [0.2, 0.25) is 0 Å². The van der Waals surface area contributed by atoms with Gasteiger partial charge in [0.1, 0.15) is 22.3 Å². The number of furan rings is 2. The first kappa shape index (κ1) is 32.7. The average Bonchev–Trinajstić information content (AvgIpc) is 3.84. The fourth-order valence-electron chi connectivity index (χ4n) is 7.85. The molecule has 6 nitrogen and oxygen atoms in total. The number of fused-ring (bicyclic) bond motifs is 6. The van der Waals surface area contributed by atoms with Gasteiger partial charge >= 0.3 is 0 Å². The average molecular weight is 733 g/mol. The summed E-state index contributed by atoms with van der Waals surface area (Å²) in [6, 6.07) is 56.3. The molecular weight excluding hydrogens is 701 g/mol. The Labute approximate surface area is 327 Å². The third-order valence-corrected chi connectivity index (χ3v) is 10.7. The molecule has 0 bridgehead atoms. The Hall–Kier alpha value is -7.70. The molecule has 0 spiro atoms. The predicted molar refractivity (Wildman–Crippen MR) is 230 cm³/mol. The lowest BCUT2D eigenvalue weighted by Crippen LogP contribution is -2.01. The number of hydrogen-bond acceptors (Lipinski definition) is 6. The first-order valence-corrected chi connectivity index (χ1v) is 18.9. The lowest BCUT2D eigenvalue weighted by molar-refractivity contribution is 0.668. The van der Waals surface area contributed by atoms with Crippen molar-refractivity contribution < 1.29 is 8.83 Å². The van der Waals surface area contributed by atoms with Gasteiger partial charge in [-0.15, -0.1) is 0 Å². The second kappa shape index (κ2) is 13.3. The number of hydrogen-bond donors (Lipinski definition) is 0. The molecule has 6 heteroatoms. The number of rotatable bonds is 6. The summed E-state index contributed by atoms with van der Waals surface area (Å²) in [4.78, 5) is 19.9. The van der Waals surface area contributed by atoms with Gasteiger partial charge in [0.2, 0.25) is 0 Å². The van der Waals surface area contributed by atoms with Gasteiger partial charge in [-0.3, -0.25) is 4.98 Å². The van der Waals surface area contributed by atoms with Gasteiger partial charge in [-0.05, 0) is 107 Å². The van der Waals surface area contributed by atoms with Crippen molar-refractivity contribution in [2.24, 2.45) is 0 Å². The minimum Gasteiger partial charge on any atom is -0.456 e. The van der Waals surface area contributed by atoms with Gasteiger partial charge in [0.15, 0.2) is 17.5 Å². The molecule has 0 saturated heterocycles. The van der Waals surface area contributed by atoms with Crippen LogP contribution >= 0.6 is 0 Å². The number of aromatic nitrogens is 4. The lowest BCUT2D eigenvalue weighted by Gasteiger charge is -2.13. The van der Waals surface area contributed by atoms with Gasteiger partial charge in [0.25, 0.3) is 0 Å². The molecule has 11 rings (SSSR count). The summed E-state index contributed by atoms with van der Waals surface area (Å²) in [5.41, 5.74) is 13.5. The maximum Gasteiger partial charge on any atom is 0.164 e. The maximum absolute atomic E-state index is 6.22. The molecule has 4 aromatic heterocycles. The third-order valence-electron chi connectivity index (χ3n) is 10.7. The number of pyridine rings is 1. The van der Waals surface area contributed by atoms with Crippen LogP contribution in [0.5, 0.6) is 0 Å². The second-order valence-electron chi connectivity index (χ2n) is 14.4. The number of aryl methyl sites for hydroxylation is 1. The standard InChI is InChI=1S/C51H32N4O2/c1-31-10-2-3-14-40(31)51-54-49(35-12-8-11-32(24-35)36-13-9-23-52-30-36)53-50(55-51)39-26-37(33-19-21-47-43(28-33)41-15-4-6-17-45(41)56-47)25-38(27-39)34-20-22-48-44(29-34)42-16-5-7-18-46(42)57-48/h2-30H,1H3. The Morgan fingerprint density at radius 2 is 0.860 bits per heavy atom. The van der Waals surface area contributed by atoms with Crippen molar-refractivity contribution in [1.29, 1.82) is 0 Å².